The maximum Gasteiger partial charge on any atom is 0.127 e. The molecule has 3 heterocycles. The van der Waals surface area contributed by atoms with E-state index in [2.05, 4.69) is 24.8 Å². The zero-order valence-corrected chi connectivity index (χ0v) is 18.2. The maximum absolute atomic E-state index is 10.2. The topological polar surface area (TPSA) is 49.2 Å². The van der Waals surface area contributed by atoms with Crippen molar-refractivity contribution in [1.29, 1.82) is 0 Å². The standard InChI is InChI=1S/C22H33N3OS/c1-14-23-18(13-25-11-16(12-25)22(4,5)26)17-10-19(27-20(17)24-14)15-6-8-21(2,3)9-7-15/h10,15-16,26H,6-9,11-13H2,1-5H3. The van der Waals surface area contributed by atoms with E-state index in [1.165, 1.54) is 35.9 Å². The van der Waals surface area contributed by atoms with Crippen LogP contribution < -0.4 is 0 Å². The number of hydrogen-bond donors (Lipinski definition) is 1. The summed E-state index contributed by atoms with van der Waals surface area (Å²) in [7, 11) is 0. The van der Waals surface area contributed by atoms with Crippen molar-refractivity contribution in [2.45, 2.75) is 78.4 Å². The molecule has 1 N–H and O–H groups in total. The number of hydrogen-bond acceptors (Lipinski definition) is 5. The molecule has 4 rings (SSSR count). The molecule has 5 heteroatoms. The highest BCUT2D eigenvalue weighted by Gasteiger charge is 2.37. The molecule has 1 saturated carbocycles. The quantitative estimate of drug-likeness (QED) is 0.812. The van der Waals surface area contributed by atoms with Crippen molar-refractivity contribution in [3.05, 3.63) is 22.5 Å². The lowest BCUT2D eigenvalue weighted by Crippen LogP contribution is -2.55. The SMILES string of the molecule is Cc1nc(CN2CC(C(C)(C)O)C2)c2cc(C3CCC(C)(C)CC3)sc2n1. The van der Waals surface area contributed by atoms with E-state index in [0.717, 1.165) is 36.0 Å². The Kier molecular flexibility index (Phi) is 4.84. The first kappa shape index (κ1) is 19.3. The van der Waals surface area contributed by atoms with Crippen LogP contribution in [0.25, 0.3) is 10.2 Å². The van der Waals surface area contributed by atoms with Gasteiger partial charge in [0, 0.05) is 35.8 Å². The smallest absolute Gasteiger partial charge is 0.127 e. The first-order valence-corrected chi connectivity index (χ1v) is 11.1. The third kappa shape index (κ3) is 4.06. The predicted octanol–water partition coefficient (Wildman–Crippen LogP) is 4.89. The number of fused-ring (bicyclic) bond motifs is 1. The van der Waals surface area contributed by atoms with E-state index in [0.29, 0.717) is 17.3 Å². The van der Waals surface area contributed by atoms with Crippen molar-refractivity contribution < 1.29 is 5.11 Å². The van der Waals surface area contributed by atoms with E-state index < -0.39 is 5.60 Å². The molecule has 27 heavy (non-hydrogen) atoms. The largest absolute Gasteiger partial charge is 0.390 e. The highest BCUT2D eigenvalue weighted by Crippen LogP contribution is 2.45. The van der Waals surface area contributed by atoms with Gasteiger partial charge in [0.25, 0.3) is 0 Å². The lowest BCUT2D eigenvalue weighted by atomic mass is 9.73. The molecule has 0 radical (unpaired) electrons. The fourth-order valence-electron chi connectivity index (χ4n) is 4.48. The van der Waals surface area contributed by atoms with Gasteiger partial charge in [0.05, 0.1) is 11.3 Å². The molecule has 0 atom stereocenters. The van der Waals surface area contributed by atoms with Crippen molar-refractivity contribution in [3.8, 4) is 0 Å². The molecule has 1 aliphatic heterocycles. The van der Waals surface area contributed by atoms with Crippen molar-refractivity contribution in [3.63, 3.8) is 0 Å². The van der Waals surface area contributed by atoms with Crippen LogP contribution in [-0.2, 0) is 6.54 Å². The van der Waals surface area contributed by atoms with E-state index >= 15 is 0 Å². The Labute approximate surface area is 167 Å². The molecule has 0 amide bonds. The van der Waals surface area contributed by atoms with Crippen molar-refractivity contribution >= 4 is 21.6 Å². The number of likely N-dealkylation sites (tertiary alicyclic amines) is 1. The Morgan fingerprint density at radius 1 is 1.22 bits per heavy atom. The summed E-state index contributed by atoms with van der Waals surface area (Å²) in [4.78, 5) is 14.6. The summed E-state index contributed by atoms with van der Waals surface area (Å²) < 4.78 is 0. The molecule has 4 nitrogen and oxygen atoms in total. The molecule has 148 valence electrons. The number of aliphatic hydroxyl groups is 1. The van der Waals surface area contributed by atoms with Crippen LogP contribution in [0.2, 0.25) is 0 Å². The molecule has 2 aromatic heterocycles. The van der Waals surface area contributed by atoms with Crippen LogP contribution in [0.1, 0.15) is 75.7 Å². The van der Waals surface area contributed by atoms with Crippen LogP contribution in [0, 0.1) is 18.3 Å². The van der Waals surface area contributed by atoms with Crippen molar-refractivity contribution in [2.75, 3.05) is 13.1 Å². The molecule has 0 bridgehead atoms. The average molecular weight is 388 g/mol. The molecule has 0 unspecified atom stereocenters. The second-order valence-electron chi connectivity index (χ2n) is 10.1. The summed E-state index contributed by atoms with van der Waals surface area (Å²) in [5, 5.41) is 11.4. The van der Waals surface area contributed by atoms with Gasteiger partial charge in [-0.25, -0.2) is 9.97 Å². The van der Waals surface area contributed by atoms with Gasteiger partial charge in [-0.15, -0.1) is 11.3 Å². The fourth-order valence-corrected chi connectivity index (χ4v) is 5.75. The number of nitrogens with zero attached hydrogens (tertiary/aromatic N) is 3. The highest BCUT2D eigenvalue weighted by molar-refractivity contribution is 7.18. The Morgan fingerprint density at radius 3 is 2.52 bits per heavy atom. The fraction of sp³-hybridized carbons (Fsp3) is 0.727. The predicted molar refractivity (Wildman–Crippen MR) is 112 cm³/mol. The third-order valence-corrected chi connectivity index (χ3v) is 7.87. The molecule has 2 aliphatic rings. The van der Waals surface area contributed by atoms with Gasteiger partial charge in [0.15, 0.2) is 0 Å². The van der Waals surface area contributed by atoms with Gasteiger partial charge < -0.3 is 5.11 Å². The van der Waals surface area contributed by atoms with Crippen LogP contribution in [0.5, 0.6) is 0 Å². The van der Waals surface area contributed by atoms with Gasteiger partial charge in [-0.3, -0.25) is 4.90 Å². The van der Waals surface area contributed by atoms with E-state index in [1.54, 1.807) is 0 Å². The van der Waals surface area contributed by atoms with Gasteiger partial charge in [-0.05, 0) is 63.9 Å². The molecule has 2 fully saturated rings. The number of aryl methyl sites for hydroxylation is 1. The minimum atomic E-state index is -0.586. The molecular weight excluding hydrogens is 354 g/mol. The maximum atomic E-state index is 10.2. The summed E-state index contributed by atoms with van der Waals surface area (Å²) in [6.45, 7) is 13.4. The molecule has 1 saturated heterocycles. The van der Waals surface area contributed by atoms with Crippen LogP contribution in [0.15, 0.2) is 6.07 Å². The first-order chi connectivity index (χ1) is 12.6. The molecule has 0 aromatic carbocycles. The summed E-state index contributed by atoms with van der Waals surface area (Å²) in [5.74, 6) is 1.92. The lowest BCUT2D eigenvalue weighted by molar-refractivity contribution is -0.0650. The van der Waals surface area contributed by atoms with Gasteiger partial charge in [0.1, 0.15) is 10.7 Å². The highest BCUT2D eigenvalue weighted by atomic mass is 32.1. The molecule has 1 aliphatic carbocycles. The Hall–Kier alpha value is -1.04. The molecule has 0 spiro atoms. The van der Waals surface area contributed by atoms with Crippen LogP contribution >= 0.6 is 11.3 Å². The number of thiophene rings is 1. The minimum absolute atomic E-state index is 0.361. The van der Waals surface area contributed by atoms with Gasteiger partial charge in [-0.1, -0.05) is 13.8 Å². The minimum Gasteiger partial charge on any atom is -0.390 e. The molecular formula is C22H33N3OS. The Bertz CT molecular complexity index is 820. The van der Waals surface area contributed by atoms with Crippen LogP contribution in [-0.4, -0.2) is 38.7 Å². The van der Waals surface area contributed by atoms with Crippen LogP contribution in [0.3, 0.4) is 0 Å². The van der Waals surface area contributed by atoms with E-state index in [9.17, 15) is 5.11 Å². The van der Waals surface area contributed by atoms with Crippen LogP contribution in [0.4, 0.5) is 0 Å². The zero-order chi connectivity index (χ0) is 19.4. The third-order valence-electron chi connectivity index (χ3n) is 6.67. The van der Waals surface area contributed by atoms with E-state index in [1.807, 2.05) is 32.1 Å². The summed E-state index contributed by atoms with van der Waals surface area (Å²) in [6.07, 6.45) is 5.22. The zero-order valence-electron chi connectivity index (χ0n) is 17.4. The van der Waals surface area contributed by atoms with Gasteiger partial charge in [-0.2, -0.15) is 0 Å². The average Bonchev–Trinajstić information content (AvgIpc) is 2.92. The van der Waals surface area contributed by atoms with E-state index in [4.69, 9.17) is 9.97 Å². The monoisotopic (exact) mass is 387 g/mol. The first-order valence-electron chi connectivity index (χ1n) is 10.3. The van der Waals surface area contributed by atoms with Gasteiger partial charge >= 0.3 is 0 Å². The Balaban J connectivity index is 1.53. The van der Waals surface area contributed by atoms with Crippen molar-refractivity contribution in [2.24, 2.45) is 11.3 Å². The molecule has 2 aromatic rings. The second kappa shape index (κ2) is 6.78. The number of aromatic nitrogens is 2. The lowest BCUT2D eigenvalue weighted by Gasteiger charge is -2.45. The Morgan fingerprint density at radius 2 is 1.89 bits per heavy atom. The summed E-state index contributed by atoms with van der Waals surface area (Å²) in [5.41, 5.74) is 1.08. The second-order valence-corrected chi connectivity index (χ2v) is 11.1. The number of rotatable bonds is 4. The normalized spacial score (nSPS) is 22.3. The van der Waals surface area contributed by atoms with E-state index in [-0.39, 0.29) is 0 Å². The van der Waals surface area contributed by atoms with Gasteiger partial charge in [0.2, 0.25) is 0 Å². The van der Waals surface area contributed by atoms with Crippen molar-refractivity contribution in [1.82, 2.24) is 14.9 Å². The summed E-state index contributed by atoms with van der Waals surface area (Å²) in [6, 6.07) is 2.38. The summed E-state index contributed by atoms with van der Waals surface area (Å²) >= 11 is 1.88.